The molecule has 3 unspecified atom stereocenters. The molecule has 0 aromatic heterocycles. The zero-order chi connectivity index (χ0) is 18.6. The van der Waals surface area contributed by atoms with Gasteiger partial charge in [-0.15, -0.1) is 24.0 Å². The molecule has 5 nitrogen and oxygen atoms in total. The number of aliphatic imine (C=N–C) groups is 1. The summed E-state index contributed by atoms with van der Waals surface area (Å²) >= 11 is 1.78. The molecule has 2 aliphatic heterocycles. The van der Waals surface area contributed by atoms with E-state index in [-0.39, 0.29) is 42.0 Å². The number of aliphatic hydroxyl groups is 1. The first-order chi connectivity index (χ1) is 12.5. The molecule has 0 spiro atoms. The monoisotopic (exact) mass is 509 g/mol. The average Bonchev–Trinajstić information content (AvgIpc) is 3.05. The number of hydrogen-bond acceptors (Lipinski definition) is 4. The van der Waals surface area contributed by atoms with Crippen molar-refractivity contribution in [1.82, 2.24) is 10.2 Å². The van der Waals surface area contributed by atoms with E-state index in [1.807, 2.05) is 13.8 Å². The van der Waals surface area contributed by atoms with Crippen molar-refractivity contribution < 1.29 is 14.2 Å². The topological polar surface area (TPSA) is 57.1 Å². The van der Waals surface area contributed by atoms with Gasteiger partial charge in [0.1, 0.15) is 11.9 Å². The summed E-state index contributed by atoms with van der Waals surface area (Å²) in [6.45, 7) is 6.63. The van der Waals surface area contributed by atoms with Gasteiger partial charge in [0.05, 0.1) is 24.8 Å². The SMILES string of the molecule is CCNC(=NCC1(O)CCSC1)N1CC(C)OC(c2ccc(F)cc2)C1.I. The Morgan fingerprint density at radius 2 is 2.15 bits per heavy atom. The first-order valence-corrected chi connectivity index (χ1v) is 10.4. The van der Waals surface area contributed by atoms with Crippen LogP contribution in [0.25, 0.3) is 0 Å². The zero-order valence-corrected chi connectivity index (χ0v) is 19.0. The van der Waals surface area contributed by atoms with E-state index in [0.717, 1.165) is 42.5 Å². The summed E-state index contributed by atoms with van der Waals surface area (Å²) in [4.78, 5) is 6.90. The number of halogens is 2. The highest BCUT2D eigenvalue weighted by atomic mass is 127. The van der Waals surface area contributed by atoms with Gasteiger partial charge in [-0.25, -0.2) is 4.39 Å². The summed E-state index contributed by atoms with van der Waals surface area (Å²) in [7, 11) is 0. The van der Waals surface area contributed by atoms with Crippen molar-refractivity contribution in [2.75, 3.05) is 37.7 Å². The second-order valence-electron chi connectivity index (χ2n) is 7.09. The van der Waals surface area contributed by atoms with Gasteiger partial charge in [0.15, 0.2) is 5.96 Å². The summed E-state index contributed by atoms with van der Waals surface area (Å²) < 4.78 is 19.3. The van der Waals surface area contributed by atoms with Crippen LogP contribution in [-0.4, -0.2) is 65.4 Å². The van der Waals surface area contributed by atoms with Gasteiger partial charge in [-0.2, -0.15) is 11.8 Å². The molecule has 2 saturated heterocycles. The molecule has 2 N–H and O–H groups in total. The molecule has 0 aliphatic carbocycles. The summed E-state index contributed by atoms with van der Waals surface area (Å²) in [6.07, 6.45) is 0.694. The molecule has 1 aromatic rings. The number of nitrogens with zero attached hydrogens (tertiary/aromatic N) is 2. The van der Waals surface area contributed by atoms with Crippen LogP contribution in [0.1, 0.15) is 31.9 Å². The molecule has 2 aliphatic rings. The maximum atomic E-state index is 13.2. The van der Waals surface area contributed by atoms with Crippen molar-refractivity contribution in [2.45, 2.75) is 38.1 Å². The number of nitrogens with one attached hydrogen (secondary N) is 1. The van der Waals surface area contributed by atoms with Crippen molar-refractivity contribution in [3.05, 3.63) is 35.6 Å². The highest BCUT2D eigenvalue weighted by Crippen LogP contribution is 2.29. The van der Waals surface area contributed by atoms with Crippen LogP contribution >= 0.6 is 35.7 Å². The fourth-order valence-corrected chi connectivity index (χ4v) is 4.64. The Labute approximate surface area is 182 Å². The number of morpholine rings is 1. The van der Waals surface area contributed by atoms with E-state index < -0.39 is 5.60 Å². The summed E-state index contributed by atoms with van der Waals surface area (Å²) in [6, 6.07) is 6.49. The Hall–Kier alpha value is -0.580. The third-order valence-electron chi connectivity index (χ3n) is 4.74. The van der Waals surface area contributed by atoms with Gasteiger partial charge in [0.25, 0.3) is 0 Å². The number of benzene rings is 1. The molecule has 0 radical (unpaired) electrons. The Morgan fingerprint density at radius 3 is 2.78 bits per heavy atom. The number of thioether (sulfide) groups is 1. The molecular weight excluding hydrogens is 480 g/mol. The summed E-state index contributed by atoms with van der Waals surface area (Å²) in [5, 5.41) is 13.9. The highest BCUT2D eigenvalue weighted by molar-refractivity contribution is 14.0. The lowest BCUT2D eigenvalue weighted by Gasteiger charge is -2.39. The van der Waals surface area contributed by atoms with E-state index >= 15 is 0 Å². The van der Waals surface area contributed by atoms with Gasteiger partial charge >= 0.3 is 0 Å². The van der Waals surface area contributed by atoms with E-state index in [0.29, 0.717) is 13.1 Å². The Balaban J connectivity index is 0.00000261. The lowest BCUT2D eigenvalue weighted by atomic mass is 10.0. The molecule has 1 aromatic carbocycles. The fourth-order valence-electron chi connectivity index (χ4n) is 3.35. The van der Waals surface area contributed by atoms with Gasteiger partial charge in [0, 0.05) is 18.8 Å². The van der Waals surface area contributed by atoms with E-state index in [2.05, 4.69) is 10.2 Å². The average molecular weight is 509 g/mol. The lowest BCUT2D eigenvalue weighted by Crippen LogP contribution is -2.51. The van der Waals surface area contributed by atoms with Crippen LogP contribution in [0.3, 0.4) is 0 Å². The van der Waals surface area contributed by atoms with Crippen molar-refractivity contribution in [1.29, 1.82) is 0 Å². The van der Waals surface area contributed by atoms with Gasteiger partial charge < -0.3 is 20.1 Å². The van der Waals surface area contributed by atoms with Crippen molar-refractivity contribution in [3.63, 3.8) is 0 Å². The summed E-state index contributed by atoms with van der Waals surface area (Å²) in [5.74, 6) is 2.30. The molecular formula is C19H29FIN3O2S. The Morgan fingerprint density at radius 1 is 1.41 bits per heavy atom. The molecule has 8 heteroatoms. The number of rotatable bonds is 4. The number of hydrogen-bond donors (Lipinski definition) is 2. The van der Waals surface area contributed by atoms with Crippen LogP contribution in [0.2, 0.25) is 0 Å². The minimum Gasteiger partial charge on any atom is -0.387 e. The fraction of sp³-hybridized carbons (Fsp3) is 0.632. The number of ether oxygens (including phenoxy) is 1. The first-order valence-electron chi connectivity index (χ1n) is 9.23. The Bertz CT molecular complexity index is 626. The molecule has 152 valence electrons. The molecule has 0 saturated carbocycles. The first kappa shape index (κ1) is 22.7. The molecule has 27 heavy (non-hydrogen) atoms. The smallest absolute Gasteiger partial charge is 0.194 e. The van der Waals surface area contributed by atoms with E-state index in [4.69, 9.17) is 9.73 Å². The van der Waals surface area contributed by atoms with Crippen LogP contribution in [-0.2, 0) is 4.74 Å². The van der Waals surface area contributed by atoms with E-state index in [1.165, 1.54) is 12.1 Å². The third kappa shape index (κ3) is 6.20. The maximum Gasteiger partial charge on any atom is 0.194 e. The lowest BCUT2D eigenvalue weighted by molar-refractivity contribution is -0.0606. The maximum absolute atomic E-state index is 13.2. The van der Waals surface area contributed by atoms with Gasteiger partial charge in [0.2, 0.25) is 0 Å². The quantitative estimate of drug-likeness (QED) is 0.372. The van der Waals surface area contributed by atoms with Crippen LogP contribution in [0, 0.1) is 5.82 Å². The largest absolute Gasteiger partial charge is 0.387 e. The molecule has 2 fully saturated rings. The van der Waals surface area contributed by atoms with Crippen LogP contribution in [0.5, 0.6) is 0 Å². The molecule has 2 heterocycles. The predicted molar refractivity (Wildman–Crippen MR) is 120 cm³/mol. The highest BCUT2D eigenvalue weighted by Gasteiger charge is 2.33. The van der Waals surface area contributed by atoms with Crippen molar-refractivity contribution in [2.24, 2.45) is 4.99 Å². The normalized spacial score (nSPS) is 28.7. The molecule has 3 atom stereocenters. The second kappa shape index (κ2) is 10.3. The van der Waals surface area contributed by atoms with Gasteiger partial charge in [-0.1, -0.05) is 12.1 Å². The zero-order valence-electron chi connectivity index (χ0n) is 15.9. The van der Waals surface area contributed by atoms with Crippen LogP contribution in [0.4, 0.5) is 4.39 Å². The van der Waals surface area contributed by atoms with Crippen molar-refractivity contribution in [3.8, 4) is 0 Å². The van der Waals surface area contributed by atoms with Crippen LogP contribution < -0.4 is 5.32 Å². The van der Waals surface area contributed by atoms with Crippen LogP contribution in [0.15, 0.2) is 29.3 Å². The molecule has 0 bridgehead atoms. The number of guanidine groups is 1. The van der Waals surface area contributed by atoms with Gasteiger partial charge in [-0.3, -0.25) is 4.99 Å². The summed E-state index contributed by atoms with van der Waals surface area (Å²) in [5.41, 5.74) is 0.268. The molecule has 3 rings (SSSR count). The Kier molecular flexibility index (Phi) is 8.64. The standard InChI is InChI=1S/C19H28FN3O2S.HI/c1-3-21-18(22-12-19(24)8-9-26-13-19)23-10-14(2)25-17(11-23)15-4-6-16(20)7-5-15;/h4-7,14,17,24H,3,8-13H2,1-2H3,(H,21,22);1H. The van der Waals surface area contributed by atoms with E-state index in [9.17, 15) is 9.50 Å². The van der Waals surface area contributed by atoms with Crippen molar-refractivity contribution >= 4 is 41.7 Å². The van der Waals surface area contributed by atoms with Gasteiger partial charge in [-0.05, 0) is 43.7 Å². The second-order valence-corrected chi connectivity index (χ2v) is 8.19. The minimum absolute atomic E-state index is 0. The van der Waals surface area contributed by atoms with E-state index in [1.54, 1.807) is 23.9 Å². The predicted octanol–water partition coefficient (Wildman–Crippen LogP) is 3.04. The minimum atomic E-state index is -0.695. The third-order valence-corrected chi connectivity index (χ3v) is 5.98. The molecule has 0 amide bonds.